The molecule has 0 spiro atoms. The lowest BCUT2D eigenvalue weighted by Gasteiger charge is -2.30. The van der Waals surface area contributed by atoms with E-state index in [-0.39, 0.29) is 0 Å². The molecule has 0 aromatic carbocycles. The number of hydrogen-bond acceptors (Lipinski definition) is 3. The van der Waals surface area contributed by atoms with Gasteiger partial charge >= 0.3 is 0 Å². The van der Waals surface area contributed by atoms with Crippen LogP contribution in [0.15, 0.2) is 21.7 Å². The molecule has 1 aliphatic carbocycles. The van der Waals surface area contributed by atoms with Crippen LogP contribution in [0.5, 0.6) is 0 Å². The molecule has 1 heterocycles. The van der Waals surface area contributed by atoms with E-state index in [4.69, 9.17) is 16.6 Å². The lowest BCUT2D eigenvalue weighted by atomic mass is 9.86. The van der Waals surface area contributed by atoms with E-state index in [9.17, 15) is 0 Å². The molecule has 0 radical (unpaired) electrons. The first-order chi connectivity index (χ1) is 9.15. The number of thiocarbonyl (C=S) groups is 1. The van der Waals surface area contributed by atoms with Crippen molar-refractivity contribution in [2.75, 3.05) is 0 Å². The fourth-order valence-corrected chi connectivity index (χ4v) is 2.61. The molecule has 4 nitrogen and oxygen atoms in total. The molecule has 19 heavy (non-hydrogen) atoms. The number of aryl methyl sites for hydroxylation is 1. The molecule has 1 saturated carbocycles. The van der Waals surface area contributed by atoms with Crippen molar-refractivity contribution in [3.05, 3.63) is 23.7 Å². The van der Waals surface area contributed by atoms with Gasteiger partial charge in [-0.2, -0.15) is 5.10 Å². The summed E-state index contributed by atoms with van der Waals surface area (Å²) in [5.41, 5.74) is 2.84. The summed E-state index contributed by atoms with van der Waals surface area (Å²) in [4.78, 5) is 0. The van der Waals surface area contributed by atoms with Gasteiger partial charge in [0.1, 0.15) is 11.5 Å². The third-order valence-electron chi connectivity index (χ3n) is 3.55. The minimum absolute atomic E-state index is 0.467. The SMILES string of the molecule is Cc1ccc(/C=N\NC(=S)N[C@H]2CCCC[C@H]2C)o1. The van der Waals surface area contributed by atoms with Crippen LogP contribution in [0.4, 0.5) is 0 Å². The Morgan fingerprint density at radius 2 is 2.21 bits per heavy atom. The van der Waals surface area contributed by atoms with E-state index >= 15 is 0 Å². The summed E-state index contributed by atoms with van der Waals surface area (Å²) in [6, 6.07) is 4.25. The fraction of sp³-hybridized carbons (Fsp3) is 0.571. The molecular weight excluding hydrogens is 258 g/mol. The predicted octanol–water partition coefficient (Wildman–Crippen LogP) is 2.96. The molecule has 5 heteroatoms. The number of nitrogens with one attached hydrogen (secondary N) is 2. The fourth-order valence-electron chi connectivity index (χ4n) is 2.41. The average molecular weight is 279 g/mol. The predicted molar refractivity (Wildman–Crippen MR) is 81.3 cm³/mol. The van der Waals surface area contributed by atoms with Crippen LogP contribution in [0.2, 0.25) is 0 Å². The van der Waals surface area contributed by atoms with Crippen LogP contribution < -0.4 is 10.7 Å². The monoisotopic (exact) mass is 279 g/mol. The molecule has 2 atom stereocenters. The van der Waals surface area contributed by atoms with E-state index in [1.165, 1.54) is 25.7 Å². The van der Waals surface area contributed by atoms with Gasteiger partial charge in [-0.25, -0.2) is 0 Å². The van der Waals surface area contributed by atoms with E-state index in [1.54, 1.807) is 6.21 Å². The maximum absolute atomic E-state index is 5.38. The standard InChI is InChI=1S/C14H21N3OS/c1-10-5-3-4-6-13(10)16-14(19)17-15-9-12-8-7-11(2)18-12/h7-10,13H,3-6H2,1-2H3,(H2,16,17,19)/b15-9-/t10-,13+/m1/s1. The van der Waals surface area contributed by atoms with Crippen molar-refractivity contribution in [3.8, 4) is 0 Å². The van der Waals surface area contributed by atoms with Gasteiger partial charge in [-0.3, -0.25) is 5.43 Å². The van der Waals surface area contributed by atoms with E-state index < -0.39 is 0 Å². The van der Waals surface area contributed by atoms with Gasteiger partial charge in [-0.05, 0) is 50.0 Å². The second-order valence-electron chi connectivity index (χ2n) is 5.16. The normalized spacial score (nSPS) is 23.5. The molecule has 0 bridgehead atoms. The van der Waals surface area contributed by atoms with Gasteiger partial charge in [0, 0.05) is 6.04 Å². The third kappa shape index (κ3) is 4.35. The molecule has 1 fully saturated rings. The number of hydrogen-bond donors (Lipinski definition) is 2. The summed E-state index contributed by atoms with van der Waals surface area (Å²) in [5.74, 6) is 2.27. The Hall–Kier alpha value is -1.36. The van der Waals surface area contributed by atoms with Crippen LogP contribution in [-0.2, 0) is 0 Å². The molecule has 0 unspecified atom stereocenters. The Morgan fingerprint density at radius 1 is 1.42 bits per heavy atom. The van der Waals surface area contributed by atoms with Crippen LogP contribution in [0, 0.1) is 12.8 Å². The molecule has 0 aliphatic heterocycles. The smallest absolute Gasteiger partial charge is 0.187 e. The van der Waals surface area contributed by atoms with Crippen LogP contribution in [0.25, 0.3) is 0 Å². The summed E-state index contributed by atoms with van der Waals surface area (Å²) >= 11 is 5.24. The van der Waals surface area contributed by atoms with Crippen molar-refractivity contribution in [1.82, 2.24) is 10.7 Å². The Labute approximate surface area is 119 Å². The maximum Gasteiger partial charge on any atom is 0.187 e. The highest BCUT2D eigenvalue weighted by molar-refractivity contribution is 7.80. The first kappa shape index (κ1) is 14.1. The highest BCUT2D eigenvalue weighted by Gasteiger charge is 2.21. The first-order valence-electron chi connectivity index (χ1n) is 6.81. The van der Waals surface area contributed by atoms with Crippen molar-refractivity contribution in [2.24, 2.45) is 11.0 Å². The van der Waals surface area contributed by atoms with Gasteiger partial charge in [0.2, 0.25) is 0 Å². The van der Waals surface area contributed by atoms with Crippen LogP contribution in [0.1, 0.15) is 44.1 Å². The lowest BCUT2D eigenvalue weighted by molar-refractivity contribution is 0.308. The first-order valence-corrected chi connectivity index (χ1v) is 7.22. The van der Waals surface area contributed by atoms with E-state index in [2.05, 4.69) is 22.8 Å². The topological polar surface area (TPSA) is 49.6 Å². The quantitative estimate of drug-likeness (QED) is 0.507. The maximum atomic E-state index is 5.38. The van der Waals surface area contributed by atoms with Gasteiger partial charge in [-0.15, -0.1) is 0 Å². The molecule has 1 aliphatic rings. The number of hydrazone groups is 1. The van der Waals surface area contributed by atoms with Crippen LogP contribution in [0.3, 0.4) is 0 Å². The van der Waals surface area contributed by atoms with Gasteiger partial charge < -0.3 is 9.73 Å². The minimum Gasteiger partial charge on any atom is -0.460 e. The Morgan fingerprint density at radius 3 is 2.89 bits per heavy atom. The Kier molecular flexibility index (Phi) is 4.96. The van der Waals surface area contributed by atoms with Gasteiger partial charge in [-0.1, -0.05) is 19.8 Å². The summed E-state index contributed by atoms with van der Waals surface area (Å²) in [6.45, 7) is 4.18. The zero-order valence-electron chi connectivity index (χ0n) is 11.5. The van der Waals surface area contributed by atoms with Gasteiger partial charge in [0.05, 0.1) is 6.21 Å². The summed E-state index contributed by atoms with van der Waals surface area (Å²) in [5, 5.41) is 7.99. The van der Waals surface area contributed by atoms with E-state index in [0.717, 1.165) is 11.5 Å². The minimum atomic E-state index is 0.467. The molecule has 0 amide bonds. The molecule has 1 aromatic heterocycles. The zero-order valence-corrected chi connectivity index (χ0v) is 12.3. The second-order valence-corrected chi connectivity index (χ2v) is 5.57. The van der Waals surface area contributed by atoms with E-state index in [0.29, 0.717) is 17.1 Å². The van der Waals surface area contributed by atoms with Crippen molar-refractivity contribution < 1.29 is 4.42 Å². The summed E-state index contributed by atoms with van der Waals surface area (Å²) in [6.07, 6.45) is 6.69. The molecule has 2 N–H and O–H groups in total. The van der Waals surface area contributed by atoms with Crippen LogP contribution >= 0.6 is 12.2 Å². The Balaban J connectivity index is 1.76. The summed E-state index contributed by atoms with van der Waals surface area (Å²) < 4.78 is 5.38. The van der Waals surface area contributed by atoms with Crippen molar-refractivity contribution >= 4 is 23.5 Å². The van der Waals surface area contributed by atoms with Gasteiger partial charge in [0.25, 0.3) is 0 Å². The average Bonchev–Trinajstić information content (AvgIpc) is 2.78. The molecule has 0 saturated heterocycles. The molecular formula is C14H21N3OS. The molecule has 2 rings (SSSR count). The highest BCUT2D eigenvalue weighted by Crippen LogP contribution is 2.23. The molecule has 104 valence electrons. The van der Waals surface area contributed by atoms with E-state index in [1.807, 2.05) is 19.1 Å². The Bertz CT molecular complexity index is 455. The third-order valence-corrected chi connectivity index (χ3v) is 3.76. The number of nitrogens with zero attached hydrogens (tertiary/aromatic N) is 1. The van der Waals surface area contributed by atoms with Gasteiger partial charge in [0.15, 0.2) is 5.11 Å². The summed E-state index contributed by atoms with van der Waals surface area (Å²) in [7, 11) is 0. The van der Waals surface area contributed by atoms with Crippen molar-refractivity contribution in [3.63, 3.8) is 0 Å². The largest absolute Gasteiger partial charge is 0.460 e. The van der Waals surface area contributed by atoms with Crippen LogP contribution in [-0.4, -0.2) is 17.4 Å². The second kappa shape index (κ2) is 6.70. The lowest BCUT2D eigenvalue weighted by Crippen LogP contribution is -2.44. The zero-order chi connectivity index (χ0) is 13.7. The number of rotatable bonds is 3. The highest BCUT2D eigenvalue weighted by atomic mass is 32.1. The number of furan rings is 1. The molecule has 1 aromatic rings. The van der Waals surface area contributed by atoms with Crippen molar-refractivity contribution in [2.45, 2.75) is 45.6 Å². The van der Waals surface area contributed by atoms with Crippen molar-refractivity contribution in [1.29, 1.82) is 0 Å².